The average Bonchev–Trinajstić information content (AvgIpc) is 2.66. The number of benzene rings is 1. The molecule has 1 fully saturated rings. The lowest BCUT2D eigenvalue weighted by molar-refractivity contribution is -0.386. The minimum Gasteiger partial charge on any atom is -0.474 e. The fraction of sp³-hybridized carbons (Fsp3) is 0.556. The molecular formula is C18H24N2O6. The largest absolute Gasteiger partial charge is 0.474 e. The number of nitro benzene ring substituents is 1. The van der Waals surface area contributed by atoms with Gasteiger partial charge in [0, 0.05) is 12.6 Å². The summed E-state index contributed by atoms with van der Waals surface area (Å²) in [6, 6.07) is 3.74. The van der Waals surface area contributed by atoms with Gasteiger partial charge in [0.05, 0.1) is 17.6 Å². The molecule has 1 aromatic carbocycles. The smallest absolute Gasteiger partial charge is 0.338 e. The first-order valence-corrected chi connectivity index (χ1v) is 8.73. The van der Waals surface area contributed by atoms with Gasteiger partial charge in [0.1, 0.15) is 0 Å². The first-order valence-electron chi connectivity index (χ1n) is 8.73. The Labute approximate surface area is 152 Å². The number of hydrogen-bond donors (Lipinski definition) is 1. The molecule has 2 rings (SSSR count). The van der Waals surface area contributed by atoms with Gasteiger partial charge in [-0.2, -0.15) is 0 Å². The molecule has 0 aromatic heterocycles. The number of hydrogen-bond acceptors (Lipinski definition) is 6. The molecule has 0 unspecified atom stereocenters. The number of methoxy groups -OCH3 is 1. The first kappa shape index (κ1) is 19.7. The maximum absolute atomic E-state index is 12.2. The highest BCUT2D eigenvalue weighted by Gasteiger charge is 2.24. The summed E-state index contributed by atoms with van der Waals surface area (Å²) < 4.78 is 10.0. The van der Waals surface area contributed by atoms with Crippen molar-refractivity contribution in [3.63, 3.8) is 0 Å². The van der Waals surface area contributed by atoms with Crippen LogP contribution < -0.4 is 10.1 Å². The second-order valence-electron chi connectivity index (χ2n) is 6.44. The van der Waals surface area contributed by atoms with Crippen LogP contribution in [-0.4, -0.2) is 36.6 Å². The number of amides is 1. The van der Waals surface area contributed by atoms with E-state index in [1.807, 2.05) is 0 Å². The number of nitrogens with zero attached hydrogens (tertiary/aromatic N) is 1. The highest BCUT2D eigenvalue weighted by Crippen LogP contribution is 2.29. The molecule has 0 radical (unpaired) electrons. The number of esters is 1. The van der Waals surface area contributed by atoms with E-state index in [1.165, 1.54) is 45.4 Å². The maximum atomic E-state index is 12.2. The molecule has 8 heteroatoms. The molecule has 0 saturated heterocycles. The van der Waals surface area contributed by atoms with E-state index >= 15 is 0 Å². The SMILES string of the molecule is COC(=O)c1ccc(O[C@H](C)C(=O)NCC2CCCCC2)c([N+](=O)[O-])c1. The van der Waals surface area contributed by atoms with Gasteiger partial charge in [0.25, 0.3) is 5.91 Å². The molecule has 1 amide bonds. The molecule has 1 aliphatic carbocycles. The standard InChI is InChI=1S/C18H24N2O6/c1-12(17(21)19-11-13-6-4-3-5-7-13)26-16-9-8-14(18(22)25-2)10-15(16)20(23)24/h8-10,12-13H,3-7,11H2,1-2H3,(H,19,21)/t12-/m1/s1. The van der Waals surface area contributed by atoms with Crippen LogP contribution in [0.1, 0.15) is 49.4 Å². The third kappa shape index (κ3) is 5.18. The monoisotopic (exact) mass is 364 g/mol. The Balaban J connectivity index is 2.00. The minimum absolute atomic E-state index is 0.0425. The molecule has 1 atom stereocenters. The van der Waals surface area contributed by atoms with Crippen LogP contribution in [0.15, 0.2) is 18.2 Å². The molecule has 1 aliphatic rings. The fourth-order valence-electron chi connectivity index (χ4n) is 3.03. The van der Waals surface area contributed by atoms with E-state index in [1.54, 1.807) is 0 Å². The summed E-state index contributed by atoms with van der Waals surface area (Å²) in [6.45, 7) is 2.13. The number of ether oxygens (including phenoxy) is 2. The lowest BCUT2D eigenvalue weighted by Crippen LogP contribution is -2.39. The van der Waals surface area contributed by atoms with Crippen LogP contribution in [0, 0.1) is 16.0 Å². The lowest BCUT2D eigenvalue weighted by atomic mass is 9.89. The van der Waals surface area contributed by atoms with Gasteiger partial charge in [-0.3, -0.25) is 14.9 Å². The zero-order valence-corrected chi connectivity index (χ0v) is 15.0. The Kier molecular flexibility index (Phi) is 6.94. The van der Waals surface area contributed by atoms with Crippen molar-refractivity contribution >= 4 is 17.6 Å². The van der Waals surface area contributed by atoms with E-state index in [0.29, 0.717) is 12.5 Å². The number of rotatable bonds is 7. The van der Waals surface area contributed by atoms with Crippen molar-refractivity contribution in [3.05, 3.63) is 33.9 Å². The van der Waals surface area contributed by atoms with Crippen LogP contribution in [-0.2, 0) is 9.53 Å². The molecule has 1 saturated carbocycles. The van der Waals surface area contributed by atoms with Crippen molar-refractivity contribution in [2.75, 3.05) is 13.7 Å². The third-order valence-corrected chi connectivity index (χ3v) is 4.54. The third-order valence-electron chi connectivity index (χ3n) is 4.54. The van der Waals surface area contributed by atoms with Gasteiger partial charge in [0.2, 0.25) is 0 Å². The molecular weight excluding hydrogens is 340 g/mol. The molecule has 1 aromatic rings. The second-order valence-corrected chi connectivity index (χ2v) is 6.44. The van der Waals surface area contributed by atoms with Crippen molar-refractivity contribution < 1.29 is 24.0 Å². The predicted octanol–water partition coefficient (Wildman–Crippen LogP) is 2.85. The average molecular weight is 364 g/mol. The Morgan fingerprint density at radius 1 is 1.31 bits per heavy atom. The topological polar surface area (TPSA) is 108 Å². The Hall–Kier alpha value is -2.64. The van der Waals surface area contributed by atoms with Gasteiger partial charge >= 0.3 is 11.7 Å². The lowest BCUT2D eigenvalue weighted by Gasteiger charge is -2.22. The molecule has 0 heterocycles. The Bertz CT molecular complexity index is 670. The summed E-state index contributed by atoms with van der Waals surface area (Å²) in [7, 11) is 1.19. The van der Waals surface area contributed by atoms with Crippen molar-refractivity contribution in [1.82, 2.24) is 5.32 Å². The van der Waals surface area contributed by atoms with Gasteiger partial charge in [0.15, 0.2) is 11.9 Å². The summed E-state index contributed by atoms with van der Waals surface area (Å²) in [5.41, 5.74) is -0.346. The van der Waals surface area contributed by atoms with E-state index in [9.17, 15) is 19.7 Å². The number of nitrogens with one attached hydrogen (secondary N) is 1. The number of carbonyl (C=O) groups excluding carboxylic acids is 2. The second kappa shape index (κ2) is 9.17. The van der Waals surface area contributed by atoms with E-state index in [4.69, 9.17) is 4.74 Å². The molecule has 26 heavy (non-hydrogen) atoms. The summed E-state index contributed by atoms with van der Waals surface area (Å²) >= 11 is 0. The Morgan fingerprint density at radius 2 is 2.00 bits per heavy atom. The fourth-order valence-corrected chi connectivity index (χ4v) is 3.03. The van der Waals surface area contributed by atoms with Crippen LogP contribution >= 0.6 is 0 Å². The van der Waals surface area contributed by atoms with Gasteiger partial charge in [-0.1, -0.05) is 19.3 Å². The molecule has 0 spiro atoms. The quantitative estimate of drug-likeness (QED) is 0.453. The predicted molar refractivity (Wildman–Crippen MR) is 94.1 cm³/mol. The van der Waals surface area contributed by atoms with Gasteiger partial charge in [-0.25, -0.2) is 4.79 Å². The highest BCUT2D eigenvalue weighted by molar-refractivity contribution is 5.90. The summed E-state index contributed by atoms with van der Waals surface area (Å²) in [5, 5.41) is 14.1. The summed E-state index contributed by atoms with van der Waals surface area (Å²) in [4.78, 5) is 34.3. The highest BCUT2D eigenvalue weighted by atomic mass is 16.6. The molecule has 142 valence electrons. The van der Waals surface area contributed by atoms with Gasteiger partial charge in [-0.15, -0.1) is 0 Å². The van der Waals surface area contributed by atoms with Crippen LogP contribution in [0.25, 0.3) is 0 Å². The zero-order valence-electron chi connectivity index (χ0n) is 15.0. The van der Waals surface area contributed by atoms with E-state index < -0.39 is 17.0 Å². The van der Waals surface area contributed by atoms with Gasteiger partial charge in [-0.05, 0) is 37.8 Å². The molecule has 0 aliphatic heterocycles. The summed E-state index contributed by atoms with van der Waals surface area (Å²) in [5.74, 6) is -0.587. The van der Waals surface area contributed by atoms with Gasteiger partial charge < -0.3 is 14.8 Å². The van der Waals surface area contributed by atoms with E-state index in [2.05, 4.69) is 10.1 Å². The molecule has 0 bridgehead atoms. The first-order chi connectivity index (χ1) is 12.4. The van der Waals surface area contributed by atoms with Crippen molar-refractivity contribution in [2.24, 2.45) is 5.92 Å². The minimum atomic E-state index is -0.888. The van der Waals surface area contributed by atoms with E-state index in [0.717, 1.165) is 18.9 Å². The summed E-state index contributed by atoms with van der Waals surface area (Å²) in [6.07, 6.45) is 4.94. The van der Waals surface area contributed by atoms with E-state index in [-0.39, 0.29) is 22.9 Å². The molecule has 8 nitrogen and oxygen atoms in total. The van der Waals surface area contributed by atoms with Crippen LogP contribution in [0.5, 0.6) is 5.75 Å². The van der Waals surface area contributed by atoms with Crippen LogP contribution in [0.2, 0.25) is 0 Å². The van der Waals surface area contributed by atoms with Crippen LogP contribution in [0.4, 0.5) is 5.69 Å². The normalized spacial score (nSPS) is 15.8. The number of carbonyl (C=O) groups is 2. The van der Waals surface area contributed by atoms with Crippen molar-refractivity contribution in [1.29, 1.82) is 0 Å². The zero-order chi connectivity index (χ0) is 19.1. The van der Waals surface area contributed by atoms with Crippen molar-refractivity contribution in [3.8, 4) is 5.75 Å². The van der Waals surface area contributed by atoms with Crippen LogP contribution in [0.3, 0.4) is 0 Å². The van der Waals surface area contributed by atoms with Crippen molar-refractivity contribution in [2.45, 2.75) is 45.1 Å². The number of nitro groups is 1. The molecule has 1 N–H and O–H groups in total. The Morgan fingerprint density at radius 3 is 2.62 bits per heavy atom. The maximum Gasteiger partial charge on any atom is 0.338 e.